The van der Waals surface area contributed by atoms with Gasteiger partial charge < -0.3 is 15.4 Å². The van der Waals surface area contributed by atoms with E-state index in [1.807, 2.05) is 24.3 Å². The first kappa shape index (κ1) is 15.6. The molecular formula is C16H21N5O2. The lowest BCUT2D eigenvalue weighted by Crippen LogP contribution is -2.51. The molecule has 2 aromatic rings. The second-order valence-corrected chi connectivity index (χ2v) is 5.69. The highest BCUT2D eigenvalue weighted by molar-refractivity contribution is 5.97. The number of anilines is 1. The molecule has 7 nitrogen and oxygen atoms in total. The van der Waals surface area contributed by atoms with Gasteiger partial charge in [0.15, 0.2) is 0 Å². The second kappa shape index (κ2) is 6.89. The quantitative estimate of drug-likeness (QED) is 0.861. The number of amides is 1. The molecule has 1 fully saturated rings. The molecule has 1 aromatic heterocycles. The summed E-state index contributed by atoms with van der Waals surface area (Å²) in [6, 6.07) is 7.74. The van der Waals surface area contributed by atoms with Crippen LogP contribution in [-0.4, -0.2) is 46.5 Å². The lowest BCUT2D eigenvalue weighted by atomic mass is 9.91. The van der Waals surface area contributed by atoms with Gasteiger partial charge in [-0.15, -0.1) is 0 Å². The minimum atomic E-state index is -0.731. The van der Waals surface area contributed by atoms with Crippen molar-refractivity contribution in [1.29, 1.82) is 0 Å². The topological polar surface area (TPSA) is 81.1 Å². The Morgan fingerprint density at radius 1 is 1.35 bits per heavy atom. The standard InChI is InChI=1S/C16H21N5O2/c1-23-16(6-8-17-9-7-16)15(22)20-14-4-2-13(3-5-14)10-21-12-18-11-19-21/h2-5,11-12,17H,6-10H2,1H3,(H,20,22). The van der Waals surface area contributed by atoms with E-state index in [1.165, 1.54) is 6.33 Å². The van der Waals surface area contributed by atoms with Gasteiger partial charge >= 0.3 is 0 Å². The molecule has 2 heterocycles. The van der Waals surface area contributed by atoms with E-state index in [4.69, 9.17) is 4.74 Å². The van der Waals surface area contributed by atoms with E-state index in [0.717, 1.165) is 24.3 Å². The predicted molar refractivity (Wildman–Crippen MR) is 86.0 cm³/mol. The van der Waals surface area contributed by atoms with Crippen molar-refractivity contribution in [2.45, 2.75) is 25.0 Å². The van der Waals surface area contributed by atoms with Crippen LogP contribution in [0, 0.1) is 0 Å². The molecule has 0 unspecified atom stereocenters. The zero-order valence-corrected chi connectivity index (χ0v) is 13.2. The Kier molecular flexibility index (Phi) is 4.68. The van der Waals surface area contributed by atoms with Gasteiger partial charge in [0.2, 0.25) is 0 Å². The normalized spacial score (nSPS) is 16.9. The number of methoxy groups -OCH3 is 1. The van der Waals surface area contributed by atoms with Crippen molar-refractivity contribution in [3.63, 3.8) is 0 Å². The summed E-state index contributed by atoms with van der Waals surface area (Å²) in [5.74, 6) is -0.0782. The minimum absolute atomic E-state index is 0.0782. The molecule has 1 amide bonds. The van der Waals surface area contributed by atoms with Crippen molar-refractivity contribution in [2.75, 3.05) is 25.5 Å². The predicted octanol–water partition coefficient (Wildman–Crippen LogP) is 1.03. The number of benzene rings is 1. The highest BCUT2D eigenvalue weighted by Crippen LogP contribution is 2.24. The lowest BCUT2D eigenvalue weighted by molar-refractivity contribution is -0.140. The first-order valence-corrected chi connectivity index (χ1v) is 7.70. The summed E-state index contributed by atoms with van der Waals surface area (Å²) in [6.07, 6.45) is 4.55. The third kappa shape index (κ3) is 3.57. The zero-order valence-electron chi connectivity index (χ0n) is 13.2. The Morgan fingerprint density at radius 2 is 2.09 bits per heavy atom. The molecule has 0 saturated carbocycles. The fraction of sp³-hybridized carbons (Fsp3) is 0.438. The number of piperidine rings is 1. The fourth-order valence-corrected chi connectivity index (χ4v) is 2.79. The van der Waals surface area contributed by atoms with Crippen LogP contribution >= 0.6 is 0 Å². The van der Waals surface area contributed by atoms with Gasteiger partial charge in [-0.05, 0) is 43.6 Å². The molecule has 1 aliphatic rings. The Bertz CT molecular complexity index is 633. The van der Waals surface area contributed by atoms with Crippen molar-refractivity contribution < 1.29 is 9.53 Å². The number of nitrogens with zero attached hydrogens (tertiary/aromatic N) is 3. The van der Waals surface area contributed by atoms with Gasteiger partial charge in [0.05, 0.1) is 6.54 Å². The van der Waals surface area contributed by atoms with Crippen LogP contribution in [-0.2, 0) is 16.1 Å². The molecular weight excluding hydrogens is 294 g/mol. The average Bonchev–Trinajstić information content (AvgIpc) is 3.10. The van der Waals surface area contributed by atoms with E-state index in [1.54, 1.807) is 18.1 Å². The Labute approximate surface area is 135 Å². The SMILES string of the molecule is COC1(C(=O)Nc2ccc(Cn3cncn3)cc2)CCNCC1. The van der Waals surface area contributed by atoms with Crippen molar-refractivity contribution in [1.82, 2.24) is 20.1 Å². The van der Waals surface area contributed by atoms with Crippen LogP contribution in [0.3, 0.4) is 0 Å². The summed E-state index contributed by atoms with van der Waals surface area (Å²) in [7, 11) is 1.60. The van der Waals surface area contributed by atoms with E-state index in [9.17, 15) is 4.79 Å². The van der Waals surface area contributed by atoms with Crippen LogP contribution in [0.25, 0.3) is 0 Å². The maximum Gasteiger partial charge on any atom is 0.256 e. The molecule has 0 spiro atoms. The largest absolute Gasteiger partial charge is 0.368 e. The van der Waals surface area contributed by atoms with Crippen LogP contribution in [0.1, 0.15) is 18.4 Å². The van der Waals surface area contributed by atoms with Gasteiger partial charge in [0.25, 0.3) is 5.91 Å². The number of hydrogen-bond donors (Lipinski definition) is 2. The third-order valence-electron chi connectivity index (χ3n) is 4.24. The van der Waals surface area contributed by atoms with Gasteiger partial charge in [-0.2, -0.15) is 5.10 Å². The Hall–Kier alpha value is -2.25. The maximum atomic E-state index is 12.6. The first-order valence-electron chi connectivity index (χ1n) is 7.70. The molecule has 0 radical (unpaired) electrons. The summed E-state index contributed by atoms with van der Waals surface area (Å²) in [6.45, 7) is 2.23. The summed E-state index contributed by atoms with van der Waals surface area (Å²) in [4.78, 5) is 16.5. The van der Waals surface area contributed by atoms with Crippen LogP contribution in [0.2, 0.25) is 0 Å². The molecule has 0 atom stereocenters. The lowest BCUT2D eigenvalue weighted by Gasteiger charge is -2.34. The fourth-order valence-electron chi connectivity index (χ4n) is 2.79. The molecule has 0 aliphatic carbocycles. The summed E-state index contributed by atoms with van der Waals surface area (Å²) in [5.41, 5.74) is 1.13. The molecule has 1 aliphatic heterocycles. The van der Waals surface area contributed by atoms with Crippen molar-refractivity contribution in [2.24, 2.45) is 0 Å². The molecule has 7 heteroatoms. The molecule has 2 N–H and O–H groups in total. The van der Waals surface area contributed by atoms with Crippen LogP contribution in [0.5, 0.6) is 0 Å². The van der Waals surface area contributed by atoms with Crippen molar-refractivity contribution >= 4 is 11.6 Å². The number of nitrogens with one attached hydrogen (secondary N) is 2. The summed E-state index contributed by atoms with van der Waals surface area (Å²) >= 11 is 0. The third-order valence-corrected chi connectivity index (χ3v) is 4.24. The number of carbonyl (C=O) groups excluding carboxylic acids is 1. The molecule has 0 bridgehead atoms. The van der Waals surface area contributed by atoms with Crippen LogP contribution in [0.15, 0.2) is 36.9 Å². The molecule has 23 heavy (non-hydrogen) atoms. The smallest absolute Gasteiger partial charge is 0.256 e. The van der Waals surface area contributed by atoms with E-state index in [-0.39, 0.29) is 5.91 Å². The number of hydrogen-bond acceptors (Lipinski definition) is 5. The van der Waals surface area contributed by atoms with E-state index >= 15 is 0 Å². The van der Waals surface area contributed by atoms with Gasteiger partial charge in [-0.25, -0.2) is 9.67 Å². The van der Waals surface area contributed by atoms with Crippen molar-refractivity contribution in [3.05, 3.63) is 42.5 Å². The molecule has 122 valence electrons. The Balaban J connectivity index is 1.64. The first-order chi connectivity index (χ1) is 11.2. The average molecular weight is 315 g/mol. The highest BCUT2D eigenvalue weighted by Gasteiger charge is 2.39. The summed E-state index contributed by atoms with van der Waals surface area (Å²) < 4.78 is 7.29. The van der Waals surface area contributed by atoms with Crippen molar-refractivity contribution in [3.8, 4) is 0 Å². The number of aromatic nitrogens is 3. The highest BCUT2D eigenvalue weighted by atomic mass is 16.5. The van der Waals surface area contributed by atoms with Gasteiger partial charge in [0.1, 0.15) is 18.3 Å². The molecule has 1 saturated heterocycles. The Morgan fingerprint density at radius 3 is 2.70 bits per heavy atom. The number of rotatable bonds is 5. The van der Waals surface area contributed by atoms with Gasteiger partial charge in [-0.1, -0.05) is 12.1 Å². The van der Waals surface area contributed by atoms with Gasteiger partial charge in [-0.3, -0.25) is 4.79 Å². The van der Waals surface area contributed by atoms with E-state index < -0.39 is 5.60 Å². The zero-order chi connectivity index (χ0) is 16.1. The van der Waals surface area contributed by atoms with Crippen LogP contribution in [0.4, 0.5) is 5.69 Å². The van der Waals surface area contributed by atoms with E-state index in [2.05, 4.69) is 20.7 Å². The molecule has 1 aromatic carbocycles. The summed E-state index contributed by atoms with van der Waals surface area (Å²) in [5, 5.41) is 10.3. The maximum absolute atomic E-state index is 12.6. The van der Waals surface area contributed by atoms with Crippen LogP contribution < -0.4 is 10.6 Å². The van der Waals surface area contributed by atoms with Gasteiger partial charge in [0, 0.05) is 12.8 Å². The minimum Gasteiger partial charge on any atom is -0.368 e. The number of ether oxygens (including phenoxy) is 1. The monoisotopic (exact) mass is 315 g/mol. The second-order valence-electron chi connectivity index (χ2n) is 5.69. The van der Waals surface area contributed by atoms with E-state index in [0.29, 0.717) is 19.4 Å². The number of carbonyl (C=O) groups is 1. The molecule has 3 rings (SSSR count).